The predicted octanol–water partition coefficient (Wildman–Crippen LogP) is 2.27. The highest BCUT2D eigenvalue weighted by Gasteiger charge is 2.23. The van der Waals surface area contributed by atoms with Crippen molar-refractivity contribution in [3.63, 3.8) is 0 Å². The summed E-state index contributed by atoms with van der Waals surface area (Å²) in [5.74, 6) is 0.176. The van der Waals surface area contributed by atoms with E-state index in [1.54, 1.807) is 0 Å². The number of ketones is 1. The van der Waals surface area contributed by atoms with E-state index in [4.69, 9.17) is 0 Å². The summed E-state index contributed by atoms with van der Waals surface area (Å²) in [5.41, 5.74) is 1.28. The quantitative estimate of drug-likeness (QED) is 0.813. The third-order valence-corrected chi connectivity index (χ3v) is 3.89. The summed E-state index contributed by atoms with van der Waals surface area (Å²) in [7, 11) is 0. The van der Waals surface area contributed by atoms with E-state index in [-0.39, 0.29) is 5.78 Å². The molecule has 0 fully saturated rings. The van der Waals surface area contributed by atoms with Crippen LogP contribution < -0.4 is 0 Å². The molecule has 3 nitrogen and oxygen atoms in total. The maximum absolute atomic E-state index is 11.8. The highest BCUT2D eigenvalue weighted by atomic mass is 16.3. The highest BCUT2D eigenvalue weighted by molar-refractivity contribution is 5.83. The molecule has 0 amide bonds. The van der Waals surface area contributed by atoms with Gasteiger partial charge in [0.05, 0.1) is 0 Å². The van der Waals surface area contributed by atoms with Crippen LogP contribution in [0.3, 0.4) is 0 Å². The molecule has 0 saturated carbocycles. The number of aliphatic hydroxyl groups is 2. The number of carbonyl (C=O) groups is 1. The molecule has 3 atom stereocenters. The van der Waals surface area contributed by atoms with E-state index in [1.165, 1.54) is 11.6 Å². The second-order valence-electron chi connectivity index (χ2n) is 5.50. The maximum Gasteiger partial charge on any atom is 0.164 e. The molecule has 0 heterocycles. The topological polar surface area (TPSA) is 57.5 Å². The Morgan fingerprint density at radius 2 is 1.85 bits per heavy atom. The van der Waals surface area contributed by atoms with Gasteiger partial charge in [-0.05, 0) is 37.2 Å². The van der Waals surface area contributed by atoms with Crippen molar-refractivity contribution < 1.29 is 15.0 Å². The van der Waals surface area contributed by atoms with Gasteiger partial charge in [-0.3, -0.25) is 4.79 Å². The van der Waals surface area contributed by atoms with Gasteiger partial charge in [-0.15, -0.1) is 0 Å². The number of benzene rings is 1. The first-order valence-electron chi connectivity index (χ1n) is 7.26. The largest absolute Gasteiger partial charge is 0.386 e. The van der Waals surface area contributed by atoms with Crippen LogP contribution in [-0.2, 0) is 11.2 Å². The molecule has 0 radical (unpaired) electrons. The Hall–Kier alpha value is -1.45. The standard InChI is InChI=1S/C17H22O3/c18-15-9-5-4-8-14(10-11-16(19)17(15)20)12-13-6-2-1-3-7-13/h1-3,5-7,9,14-15,17-18,20H,4,8,10-12H2. The van der Waals surface area contributed by atoms with Crippen molar-refractivity contribution >= 4 is 5.78 Å². The normalized spacial score (nSPS) is 28.3. The molecule has 1 aromatic rings. The Labute approximate surface area is 120 Å². The Balaban J connectivity index is 2.00. The number of Topliss-reactive ketones (excluding diaryl/α,β-unsaturated/α-hetero) is 1. The Morgan fingerprint density at radius 3 is 2.60 bits per heavy atom. The monoisotopic (exact) mass is 274 g/mol. The minimum absolute atomic E-state index is 0.262. The zero-order valence-corrected chi connectivity index (χ0v) is 11.6. The van der Waals surface area contributed by atoms with Crippen molar-refractivity contribution in [1.82, 2.24) is 0 Å². The fourth-order valence-electron chi connectivity index (χ4n) is 2.65. The third-order valence-electron chi connectivity index (χ3n) is 3.89. The number of aliphatic hydroxyl groups excluding tert-OH is 2. The molecule has 108 valence electrons. The van der Waals surface area contributed by atoms with Crippen LogP contribution in [0.25, 0.3) is 0 Å². The SMILES string of the molecule is O=C1CCC(Cc2ccccc2)CCC=CC(O)C1O. The molecule has 0 saturated heterocycles. The van der Waals surface area contributed by atoms with Crippen LogP contribution in [0.15, 0.2) is 42.5 Å². The lowest BCUT2D eigenvalue weighted by Gasteiger charge is -2.20. The van der Waals surface area contributed by atoms with Gasteiger partial charge in [0, 0.05) is 6.42 Å². The van der Waals surface area contributed by atoms with Crippen molar-refractivity contribution in [3.05, 3.63) is 48.0 Å². The molecule has 2 rings (SSSR count). The van der Waals surface area contributed by atoms with E-state index in [0.29, 0.717) is 12.3 Å². The first kappa shape index (κ1) is 14.9. The number of hydrogen-bond acceptors (Lipinski definition) is 3. The third kappa shape index (κ3) is 4.29. The molecule has 20 heavy (non-hydrogen) atoms. The Bertz CT molecular complexity index is 453. The smallest absolute Gasteiger partial charge is 0.164 e. The molecule has 0 bridgehead atoms. The number of carbonyl (C=O) groups excluding carboxylic acids is 1. The van der Waals surface area contributed by atoms with Crippen molar-refractivity contribution in [3.8, 4) is 0 Å². The van der Waals surface area contributed by atoms with Gasteiger partial charge in [-0.25, -0.2) is 0 Å². The molecule has 1 aromatic carbocycles. The molecule has 0 aromatic heterocycles. The summed E-state index contributed by atoms with van der Waals surface area (Å²) in [6.07, 6.45) is 5.00. The van der Waals surface area contributed by atoms with E-state index in [9.17, 15) is 15.0 Å². The van der Waals surface area contributed by atoms with Gasteiger partial charge in [0.15, 0.2) is 5.78 Å². The van der Waals surface area contributed by atoms with Gasteiger partial charge in [-0.1, -0.05) is 42.5 Å². The van der Waals surface area contributed by atoms with E-state index < -0.39 is 12.2 Å². The lowest BCUT2D eigenvalue weighted by Crippen LogP contribution is -2.33. The summed E-state index contributed by atoms with van der Waals surface area (Å²) in [5, 5.41) is 19.3. The predicted molar refractivity (Wildman–Crippen MR) is 78.3 cm³/mol. The second-order valence-corrected chi connectivity index (χ2v) is 5.50. The van der Waals surface area contributed by atoms with Crippen molar-refractivity contribution in [2.24, 2.45) is 5.92 Å². The number of hydrogen-bond donors (Lipinski definition) is 2. The molecule has 0 aliphatic heterocycles. The fraction of sp³-hybridized carbons (Fsp3) is 0.471. The zero-order valence-electron chi connectivity index (χ0n) is 11.6. The van der Waals surface area contributed by atoms with Gasteiger partial charge in [-0.2, -0.15) is 0 Å². The van der Waals surface area contributed by atoms with Gasteiger partial charge < -0.3 is 10.2 Å². The van der Waals surface area contributed by atoms with Crippen LogP contribution in [0.2, 0.25) is 0 Å². The first-order valence-corrected chi connectivity index (χ1v) is 7.26. The Morgan fingerprint density at radius 1 is 1.10 bits per heavy atom. The summed E-state index contributed by atoms with van der Waals surface area (Å²) >= 11 is 0. The molecular weight excluding hydrogens is 252 g/mol. The summed E-state index contributed by atoms with van der Waals surface area (Å²) in [4.78, 5) is 11.8. The van der Waals surface area contributed by atoms with Gasteiger partial charge in [0.25, 0.3) is 0 Å². The Kier molecular flexibility index (Phi) is 5.50. The summed E-state index contributed by atoms with van der Waals surface area (Å²) in [6.45, 7) is 0. The second kappa shape index (κ2) is 7.36. The van der Waals surface area contributed by atoms with Gasteiger partial charge in [0.1, 0.15) is 12.2 Å². The van der Waals surface area contributed by atoms with Crippen LogP contribution in [0.1, 0.15) is 31.2 Å². The van der Waals surface area contributed by atoms with E-state index in [1.807, 2.05) is 24.3 Å². The maximum atomic E-state index is 11.8. The number of allylic oxidation sites excluding steroid dienone is 1. The van der Waals surface area contributed by atoms with Crippen LogP contribution in [-0.4, -0.2) is 28.2 Å². The lowest BCUT2D eigenvalue weighted by atomic mass is 9.88. The first-order chi connectivity index (χ1) is 9.66. The molecule has 1 aliphatic rings. The van der Waals surface area contributed by atoms with Crippen molar-refractivity contribution in [1.29, 1.82) is 0 Å². The molecule has 3 heteroatoms. The minimum atomic E-state index is -1.28. The van der Waals surface area contributed by atoms with Crippen LogP contribution >= 0.6 is 0 Å². The van der Waals surface area contributed by atoms with Crippen LogP contribution in [0.5, 0.6) is 0 Å². The van der Waals surface area contributed by atoms with Crippen LogP contribution in [0.4, 0.5) is 0 Å². The molecule has 3 unspecified atom stereocenters. The van der Waals surface area contributed by atoms with Crippen molar-refractivity contribution in [2.75, 3.05) is 0 Å². The highest BCUT2D eigenvalue weighted by Crippen LogP contribution is 2.22. The van der Waals surface area contributed by atoms with Crippen molar-refractivity contribution in [2.45, 2.75) is 44.3 Å². The summed E-state index contributed by atoms with van der Waals surface area (Å²) in [6, 6.07) is 10.3. The average molecular weight is 274 g/mol. The van der Waals surface area contributed by atoms with E-state index in [2.05, 4.69) is 12.1 Å². The molecule has 2 N–H and O–H groups in total. The lowest BCUT2D eigenvalue weighted by molar-refractivity contribution is -0.131. The van der Waals surface area contributed by atoms with Gasteiger partial charge in [0.2, 0.25) is 0 Å². The van der Waals surface area contributed by atoms with Crippen LogP contribution in [0, 0.1) is 5.92 Å². The average Bonchev–Trinajstić information content (AvgIpc) is 2.47. The fourth-order valence-corrected chi connectivity index (χ4v) is 2.65. The van der Waals surface area contributed by atoms with Gasteiger partial charge >= 0.3 is 0 Å². The summed E-state index contributed by atoms with van der Waals surface area (Å²) < 4.78 is 0. The molecule has 1 aliphatic carbocycles. The van der Waals surface area contributed by atoms with E-state index in [0.717, 1.165) is 25.7 Å². The molecule has 0 spiro atoms. The minimum Gasteiger partial charge on any atom is -0.386 e. The number of rotatable bonds is 2. The zero-order chi connectivity index (χ0) is 14.4. The molecular formula is C17H22O3. The van der Waals surface area contributed by atoms with E-state index >= 15 is 0 Å².